The number of hydrogen-bond donors (Lipinski definition) is 0. The summed E-state index contributed by atoms with van der Waals surface area (Å²) in [6.45, 7) is 0. The molecule has 1 aliphatic carbocycles. The van der Waals surface area contributed by atoms with Crippen molar-refractivity contribution in [1.29, 1.82) is 0 Å². The highest BCUT2D eigenvalue weighted by Crippen LogP contribution is 2.39. The van der Waals surface area contributed by atoms with Crippen molar-refractivity contribution in [2.75, 3.05) is 0 Å². The fourth-order valence-corrected chi connectivity index (χ4v) is 1.95. The van der Waals surface area contributed by atoms with Gasteiger partial charge in [0.2, 0.25) is 0 Å². The van der Waals surface area contributed by atoms with Gasteiger partial charge in [-0.15, -0.1) is 5.10 Å². The number of aromatic nitrogens is 3. The maximum Gasteiger partial charge on any atom is 0.419 e. The Labute approximate surface area is 99.2 Å². The zero-order valence-corrected chi connectivity index (χ0v) is 9.26. The molecule has 3 rings (SSSR count). The van der Waals surface area contributed by atoms with Crippen LogP contribution in [0.2, 0.25) is 5.15 Å². The molecule has 7 heteroatoms. The van der Waals surface area contributed by atoms with Crippen molar-refractivity contribution >= 4 is 17.2 Å². The first-order chi connectivity index (χ1) is 7.97. The van der Waals surface area contributed by atoms with Crippen molar-refractivity contribution in [3.8, 4) is 0 Å². The van der Waals surface area contributed by atoms with E-state index in [1.54, 1.807) is 0 Å². The van der Waals surface area contributed by atoms with Crippen LogP contribution in [0.1, 0.15) is 30.1 Å². The van der Waals surface area contributed by atoms with Gasteiger partial charge in [0.15, 0.2) is 11.5 Å². The smallest absolute Gasteiger partial charge is 0.212 e. The van der Waals surface area contributed by atoms with E-state index in [1.165, 1.54) is 6.07 Å². The lowest BCUT2D eigenvalue weighted by atomic mass is 10.3. The van der Waals surface area contributed by atoms with Crippen LogP contribution in [0.5, 0.6) is 0 Å². The molecule has 0 unspecified atom stereocenters. The fourth-order valence-electron chi connectivity index (χ4n) is 1.66. The van der Waals surface area contributed by atoms with Gasteiger partial charge >= 0.3 is 6.18 Å². The lowest BCUT2D eigenvalue weighted by Crippen LogP contribution is -2.08. The molecule has 2 aromatic heterocycles. The van der Waals surface area contributed by atoms with Gasteiger partial charge in [-0.3, -0.25) is 0 Å². The molecule has 1 saturated carbocycles. The molecule has 0 amide bonds. The summed E-state index contributed by atoms with van der Waals surface area (Å²) < 4.78 is 38.9. The van der Waals surface area contributed by atoms with Crippen LogP contribution in [-0.4, -0.2) is 14.6 Å². The predicted molar refractivity (Wildman–Crippen MR) is 55.0 cm³/mol. The SMILES string of the molecule is FC(F)(F)c1ccc2nc(C3CC3)nn2c1Cl. The topological polar surface area (TPSA) is 30.2 Å². The Morgan fingerprint density at radius 1 is 1.29 bits per heavy atom. The van der Waals surface area contributed by atoms with Crippen molar-refractivity contribution in [2.45, 2.75) is 24.9 Å². The predicted octanol–water partition coefficient (Wildman–Crippen LogP) is 3.28. The first kappa shape index (κ1) is 10.8. The van der Waals surface area contributed by atoms with Crippen LogP contribution in [0.15, 0.2) is 12.1 Å². The molecule has 0 spiro atoms. The fraction of sp³-hybridized carbons (Fsp3) is 0.400. The van der Waals surface area contributed by atoms with E-state index in [0.717, 1.165) is 23.4 Å². The molecule has 1 fully saturated rings. The van der Waals surface area contributed by atoms with Crippen LogP contribution in [-0.2, 0) is 6.18 Å². The lowest BCUT2D eigenvalue weighted by molar-refractivity contribution is -0.137. The number of halogens is 4. The standard InChI is InChI=1S/C10H7ClF3N3/c11-8-6(10(12,13)14)3-4-7-15-9(5-1-2-5)16-17(7)8/h3-5H,1-2H2. The Kier molecular flexibility index (Phi) is 2.13. The van der Waals surface area contributed by atoms with Gasteiger partial charge in [-0.05, 0) is 25.0 Å². The number of rotatable bonds is 1. The molecule has 0 aromatic carbocycles. The monoisotopic (exact) mass is 261 g/mol. The van der Waals surface area contributed by atoms with Crippen molar-refractivity contribution in [3.63, 3.8) is 0 Å². The molecule has 0 aliphatic heterocycles. The number of fused-ring (bicyclic) bond motifs is 1. The number of pyridine rings is 1. The minimum atomic E-state index is -4.48. The molecular formula is C10H7ClF3N3. The second-order valence-corrected chi connectivity index (χ2v) is 4.41. The maximum atomic E-state index is 12.6. The first-order valence-corrected chi connectivity index (χ1v) is 5.47. The molecule has 2 heterocycles. The Morgan fingerprint density at radius 3 is 2.59 bits per heavy atom. The summed E-state index contributed by atoms with van der Waals surface area (Å²) in [5, 5.41) is 3.59. The first-order valence-electron chi connectivity index (χ1n) is 5.09. The van der Waals surface area contributed by atoms with Gasteiger partial charge in [-0.2, -0.15) is 13.2 Å². The molecule has 0 saturated heterocycles. The highest BCUT2D eigenvalue weighted by Gasteiger charge is 2.35. The molecule has 17 heavy (non-hydrogen) atoms. The van der Waals surface area contributed by atoms with Gasteiger partial charge in [-0.1, -0.05) is 11.6 Å². The molecule has 0 N–H and O–H groups in total. The average Bonchev–Trinajstić information content (AvgIpc) is 2.97. The highest BCUT2D eigenvalue weighted by atomic mass is 35.5. The van der Waals surface area contributed by atoms with E-state index in [-0.39, 0.29) is 5.92 Å². The Balaban J connectivity index is 2.19. The van der Waals surface area contributed by atoms with E-state index in [9.17, 15) is 13.2 Å². The molecular weight excluding hydrogens is 255 g/mol. The zero-order chi connectivity index (χ0) is 12.2. The van der Waals surface area contributed by atoms with Crippen LogP contribution < -0.4 is 0 Å². The van der Waals surface area contributed by atoms with Crippen LogP contribution in [0.25, 0.3) is 5.65 Å². The Morgan fingerprint density at radius 2 is 2.00 bits per heavy atom. The Hall–Kier alpha value is -1.30. The second kappa shape index (κ2) is 3.35. The van der Waals surface area contributed by atoms with Crippen molar-refractivity contribution in [1.82, 2.24) is 14.6 Å². The summed E-state index contributed by atoms with van der Waals surface area (Å²) in [7, 11) is 0. The number of alkyl halides is 3. The largest absolute Gasteiger partial charge is 0.419 e. The van der Waals surface area contributed by atoms with Gasteiger partial charge in [0, 0.05) is 5.92 Å². The van der Waals surface area contributed by atoms with Gasteiger partial charge in [0.05, 0.1) is 5.56 Å². The summed E-state index contributed by atoms with van der Waals surface area (Å²) in [5.41, 5.74) is -0.538. The van der Waals surface area contributed by atoms with E-state index in [1.807, 2.05) is 0 Å². The van der Waals surface area contributed by atoms with Crippen LogP contribution in [0.3, 0.4) is 0 Å². The molecule has 2 aromatic rings. The average molecular weight is 262 g/mol. The minimum Gasteiger partial charge on any atom is -0.212 e. The van der Waals surface area contributed by atoms with Crippen LogP contribution in [0.4, 0.5) is 13.2 Å². The summed E-state index contributed by atoms with van der Waals surface area (Å²) in [6, 6.07) is 2.22. The number of nitrogens with zero attached hydrogens (tertiary/aromatic N) is 3. The Bertz CT molecular complexity index is 586. The van der Waals surface area contributed by atoms with Crippen molar-refractivity contribution in [2.24, 2.45) is 0 Å². The van der Waals surface area contributed by atoms with E-state index in [4.69, 9.17) is 11.6 Å². The van der Waals surface area contributed by atoms with E-state index < -0.39 is 16.9 Å². The molecule has 90 valence electrons. The van der Waals surface area contributed by atoms with Crippen molar-refractivity contribution in [3.05, 3.63) is 28.7 Å². The number of hydrogen-bond acceptors (Lipinski definition) is 2. The summed E-state index contributed by atoms with van der Waals surface area (Å²) >= 11 is 5.71. The molecule has 0 radical (unpaired) electrons. The zero-order valence-electron chi connectivity index (χ0n) is 8.50. The highest BCUT2D eigenvalue weighted by molar-refractivity contribution is 6.30. The lowest BCUT2D eigenvalue weighted by Gasteiger charge is -2.08. The summed E-state index contributed by atoms with van der Waals surface area (Å²) in [4.78, 5) is 4.16. The second-order valence-electron chi connectivity index (χ2n) is 4.05. The van der Waals surface area contributed by atoms with Crippen molar-refractivity contribution < 1.29 is 13.2 Å². The third-order valence-electron chi connectivity index (χ3n) is 2.70. The molecule has 3 nitrogen and oxygen atoms in total. The van der Waals surface area contributed by atoms with E-state index >= 15 is 0 Å². The van der Waals surface area contributed by atoms with Gasteiger partial charge in [0.25, 0.3) is 0 Å². The molecule has 1 aliphatic rings. The molecule has 0 bridgehead atoms. The van der Waals surface area contributed by atoms with Gasteiger partial charge < -0.3 is 0 Å². The quantitative estimate of drug-likeness (QED) is 0.738. The van der Waals surface area contributed by atoms with E-state index in [2.05, 4.69) is 10.1 Å². The normalized spacial score (nSPS) is 16.7. The summed E-state index contributed by atoms with van der Waals surface area (Å²) in [5.74, 6) is 0.853. The summed E-state index contributed by atoms with van der Waals surface area (Å²) in [6.07, 6.45) is -2.50. The minimum absolute atomic E-state index is 0.278. The third-order valence-corrected chi connectivity index (χ3v) is 3.07. The maximum absolute atomic E-state index is 12.6. The molecule has 0 atom stereocenters. The third kappa shape index (κ3) is 1.76. The van der Waals surface area contributed by atoms with Crippen LogP contribution in [0, 0.1) is 0 Å². The van der Waals surface area contributed by atoms with Crippen LogP contribution >= 0.6 is 11.6 Å². The van der Waals surface area contributed by atoms with Gasteiger partial charge in [-0.25, -0.2) is 9.50 Å². The van der Waals surface area contributed by atoms with Gasteiger partial charge in [0.1, 0.15) is 5.15 Å². The van der Waals surface area contributed by atoms with E-state index in [0.29, 0.717) is 11.5 Å².